The summed E-state index contributed by atoms with van der Waals surface area (Å²) in [5.41, 5.74) is 0. The molecule has 0 saturated carbocycles. The topological polar surface area (TPSA) is 18.5 Å². The fourth-order valence-corrected chi connectivity index (χ4v) is 0.703. The molecule has 0 amide bonds. The molecule has 10 heavy (non-hydrogen) atoms. The summed E-state index contributed by atoms with van der Waals surface area (Å²) in [6.07, 6.45) is 2.03. The minimum atomic E-state index is 0.793. The molecular formula is C7H16O2S. The van der Waals surface area contributed by atoms with E-state index >= 15 is 0 Å². The maximum Gasteiger partial charge on any atom is 0.0487 e. The van der Waals surface area contributed by atoms with Crippen LogP contribution in [-0.2, 0) is 9.47 Å². The molecule has 0 heterocycles. The minimum absolute atomic E-state index is 0.793. The van der Waals surface area contributed by atoms with E-state index in [9.17, 15) is 0 Å². The second-order valence-electron chi connectivity index (χ2n) is 2.04. The van der Waals surface area contributed by atoms with Crippen LogP contribution in [0.2, 0.25) is 0 Å². The zero-order valence-corrected chi connectivity index (χ0v) is 7.40. The lowest BCUT2D eigenvalue weighted by atomic mass is 10.5. The highest BCUT2D eigenvalue weighted by Gasteiger charge is 1.86. The molecule has 3 heteroatoms. The Labute approximate surface area is 68.3 Å². The van der Waals surface area contributed by atoms with Crippen LogP contribution >= 0.6 is 12.6 Å². The van der Waals surface area contributed by atoms with Crippen molar-refractivity contribution in [2.45, 2.75) is 12.8 Å². The lowest BCUT2D eigenvalue weighted by Gasteiger charge is -2.01. The average molecular weight is 164 g/mol. The molecule has 0 atom stereocenters. The van der Waals surface area contributed by atoms with Gasteiger partial charge in [0.1, 0.15) is 0 Å². The summed E-state index contributed by atoms with van der Waals surface area (Å²) in [4.78, 5) is 0. The highest BCUT2D eigenvalue weighted by Crippen LogP contribution is 1.87. The number of hydrogen-bond donors (Lipinski definition) is 1. The van der Waals surface area contributed by atoms with Gasteiger partial charge in [0, 0.05) is 26.9 Å². The van der Waals surface area contributed by atoms with Crippen molar-refractivity contribution < 1.29 is 9.47 Å². The van der Waals surface area contributed by atoms with Crippen molar-refractivity contribution >= 4 is 12.6 Å². The molecule has 0 rings (SSSR count). The quantitative estimate of drug-likeness (QED) is 0.452. The highest BCUT2D eigenvalue weighted by atomic mass is 32.1. The monoisotopic (exact) mass is 164 g/mol. The maximum absolute atomic E-state index is 5.25. The van der Waals surface area contributed by atoms with Crippen molar-refractivity contribution in [3.8, 4) is 0 Å². The Bertz CT molecular complexity index is 51.6. The summed E-state index contributed by atoms with van der Waals surface area (Å²) in [6.45, 7) is 2.43. The molecule has 0 aliphatic rings. The molecule has 0 radical (unpaired) electrons. The SMILES string of the molecule is COCCCOCCCS. The van der Waals surface area contributed by atoms with Crippen molar-refractivity contribution in [3.63, 3.8) is 0 Å². The summed E-state index contributed by atoms with van der Waals surface area (Å²) < 4.78 is 10.1. The smallest absolute Gasteiger partial charge is 0.0487 e. The van der Waals surface area contributed by atoms with E-state index < -0.39 is 0 Å². The second kappa shape index (κ2) is 9.27. The first-order chi connectivity index (χ1) is 4.91. The molecule has 0 unspecified atom stereocenters. The molecule has 0 aromatic rings. The van der Waals surface area contributed by atoms with Crippen LogP contribution in [0.1, 0.15) is 12.8 Å². The van der Waals surface area contributed by atoms with Crippen molar-refractivity contribution in [3.05, 3.63) is 0 Å². The van der Waals surface area contributed by atoms with Gasteiger partial charge in [0.2, 0.25) is 0 Å². The first-order valence-corrected chi connectivity index (χ1v) is 4.22. The van der Waals surface area contributed by atoms with Crippen molar-refractivity contribution in [1.29, 1.82) is 0 Å². The van der Waals surface area contributed by atoms with Gasteiger partial charge in [-0.2, -0.15) is 12.6 Å². The van der Waals surface area contributed by atoms with Crippen LogP contribution in [0.15, 0.2) is 0 Å². The Balaban J connectivity index is 2.65. The Morgan fingerprint density at radius 1 is 1.10 bits per heavy atom. The van der Waals surface area contributed by atoms with Gasteiger partial charge in [-0.1, -0.05) is 0 Å². The lowest BCUT2D eigenvalue weighted by molar-refractivity contribution is 0.104. The van der Waals surface area contributed by atoms with Crippen LogP contribution in [0, 0.1) is 0 Å². The molecule has 0 aromatic carbocycles. The van der Waals surface area contributed by atoms with Crippen molar-refractivity contribution in [2.24, 2.45) is 0 Å². The summed E-state index contributed by atoms with van der Waals surface area (Å²) in [5, 5.41) is 0. The molecule has 0 spiro atoms. The van der Waals surface area contributed by atoms with E-state index in [0.717, 1.165) is 38.4 Å². The van der Waals surface area contributed by atoms with Crippen LogP contribution in [-0.4, -0.2) is 32.7 Å². The van der Waals surface area contributed by atoms with Gasteiger partial charge in [-0.15, -0.1) is 0 Å². The first kappa shape index (κ1) is 10.3. The number of ether oxygens (including phenoxy) is 2. The molecule has 0 aromatic heterocycles. The van der Waals surface area contributed by atoms with Gasteiger partial charge in [0.15, 0.2) is 0 Å². The van der Waals surface area contributed by atoms with E-state index in [0.29, 0.717) is 0 Å². The number of rotatable bonds is 7. The lowest BCUT2D eigenvalue weighted by Crippen LogP contribution is -2.00. The van der Waals surface area contributed by atoms with Gasteiger partial charge < -0.3 is 9.47 Å². The Hall–Kier alpha value is 0.270. The molecule has 0 aliphatic heterocycles. The maximum atomic E-state index is 5.25. The van der Waals surface area contributed by atoms with E-state index in [4.69, 9.17) is 9.47 Å². The van der Waals surface area contributed by atoms with E-state index in [1.807, 2.05) is 0 Å². The second-order valence-corrected chi connectivity index (χ2v) is 2.48. The zero-order valence-electron chi connectivity index (χ0n) is 6.51. The third-order valence-electron chi connectivity index (χ3n) is 1.08. The largest absolute Gasteiger partial charge is 0.385 e. The van der Waals surface area contributed by atoms with Gasteiger partial charge in [-0.25, -0.2) is 0 Å². The molecule has 0 N–H and O–H groups in total. The van der Waals surface area contributed by atoms with E-state index in [2.05, 4.69) is 12.6 Å². The number of thiol groups is 1. The van der Waals surface area contributed by atoms with E-state index in [1.165, 1.54) is 0 Å². The van der Waals surface area contributed by atoms with Crippen LogP contribution < -0.4 is 0 Å². The standard InChI is InChI=1S/C7H16O2S/c1-8-4-2-5-9-6-3-7-10/h10H,2-7H2,1H3. The average Bonchev–Trinajstić information content (AvgIpc) is 1.97. The van der Waals surface area contributed by atoms with Crippen LogP contribution in [0.5, 0.6) is 0 Å². The number of hydrogen-bond acceptors (Lipinski definition) is 3. The van der Waals surface area contributed by atoms with Gasteiger partial charge >= 0.3 is 0 Å². The molecule has 62 valence electrons. The molecule has 2 nitrogen and oxygen atoms in total. The normalized spacial score (nSPS) is 10.2. The highest BCUT2D eigenvalue weighted by molar-refractivity contribution is 7.80. The Morgan fingerprint density at radius 2 is 1.80 bits per heavy atom. The third kappa shape index (κ3) is 8.27. The van der Waals surface area contributed by atoms with Gasteiger partial charge in [-0.3, -0.25) is 0 Å². The van der Waals surface area contributed by atoms with Crippen LogP contribution in [0.4, 0.5) is 0 Å². The molecule has 0 aliphatic carbocycles. The van der Waals surface area contributed by atoms with Gasteiger partial charge in [-0.05, 0) is 18.6 Å². The first-order valence-electron chi connectivity index (χ1n) is 3.59. The zero-order chi connectivity index (χ0) is 7.66. The van der Waals surface area contributed by atoms with Crippen molar-refractivity contribution in [2.75, 3.05) is 32.7 Å². The molecule has 0 saturated heterocycles. The Kier molecular flexibility index (Phi) is 9.52. The predicted molar refractivity (Wildman–Crippen MR) is 45.8 cm³/mol. The molecular weight excluding hydrogens is 148 g/mol. The molecule has 0 bridgehead atoms. The van der Waals surface area contributed by atoms with Crippen LogP contribution in [0.25, 0.3) is 0 Å². The summed E-state index contributed by atoms with van der Waals surface area (Å²) in [7, 11) is 1.70. The summed E-state index contributed by atoms with van der Waals surface area (Å²) in [6, 6.07) is 0. The predicted octanol–water partition coefficient (Wildman–Crippen LogP) is 1.36. The third-order valence-corrected chi connectivity index (χ3v) is 1.40. The van der Waals surface area contributed by atoms with Gasteiger partial charge in [0.05, 0.1) is 0 Å². The molecule has 0 fully saturated rings. The number of methoxy groups -OCH3 is 1. The van der Waals surface area contributed by atoms with Crippen LogP contribution in [0.3, 0.4) is 0 Å². The van der Waals surface area contributed by atoms with E-state index in [1.54, 1.807) is 7.11 Å². The summed E-state index contributed by atoms with van der Waals surface area (Å²) in [5.74, 6) is 0.907. The minimum Gasteiger partial charge on any atom is -0.385 e. The van der Waals surface area contributed by atoms with E-state index in [-0.39, 0.29) is 0 Å². The van der Waals surface area contributed by atoms with Crippen molar-refractivity contribution in [1.82, 2.24) is 0 Å². The Morgan fingerprint density at radius 3 is 2.40 bits per heavy atom. The summed E-state index contributed by atoms with van der Waals surface area (Å²) >= 11 is 4.06. The fraction of sp³-hybridized carbons (Fsp3) is 1.00. The van der Waals surface area contributed by atoms with Gasteiger partial charge in [0.25, 0.3) is 0 Å². The fourth-order valence-electron chi connectivity index (χ4n) is 0.574.